The molecule has 4 aromatic rings. The van der Waals surface area contributed by atoms with Crippen LogP contribution in [0.3, 0.4) is 0 Å². The van der Waals surface area contributed by atoms with E-state index in [9.17, 15) is 9.59 Å². The zero-order valence-corrected chi connectivity index (χ0v) is 21.5. The Balaban J connectivity index is 1.32. The van der Waals surface area contributed by atoms with Gasteiger partial charge in [-0.1, -0.05) is 65.7 Å². The molecule has 0 saturated carbocycles. The molecule has 37 heavy (non-hydrogen) atoms. The second-order valence-corrected chi connectivity index (χ2v) is 10.3. The standard InChI is InChI=1S/C32H23Cl2NO2/c33-21-11-15-29(30(34)18-21)32(37)35-22-12-8-20(9-13-22)31(36)28-7-3-6-24-26-14-10-19-4-1-2-5-23(19)25(26)16-17-27(24)28/h1-2,4-5,8-13,15-18H,3,6-7,14H2,(H,35,37). The molecule has 4 aromatic carbocycles. The molecule has 2 aliphatic carbocycles. The third-order valence-electron chi connectivity index (χ3n) is 7.24. The Morgan fingerprint density at radius 3 is 2.35 bits per heavy atom. The van der Waals surface area contributed by atoms with Crippen molar-refractivity contribution >= 4 is 52.2 Å². The quantitative estimate of drug-likeness (QED) is 0.322. The minimum absolute atomic E-state index is 0.0414. The molecule has 0 fully saturated rings. The van der Waals surface area contributed by atoms with Crippen molar-refractivity contribution in [3.63, 3.8) is 0 Å². The lowest BCUT2D eigenvalue weighted by molar-refractivity contribution is 0.102. The van der Waals surface area contributed by atoms with Gasteiger partial charge in [-0.15, -0.1) is 0 Å². The zero-order chi connectivity index (χ0) is 25.5. The Bertz CT molecular complexity index is 1810. The predicted molar refractivity (Wildman–Crippen MR) is 150 cm³/mol. The van der Waals surface area contributed by atoms with E-state index in [0.717, 1.165) is 36.5 Å². The second-order valence-electron chi connectivity index (χ2n) is 9.43. The molecule has 3 nitrogen and oxygen atoms in total. The summed E-state index contributed by atoms with van der Waals surface area (Å²) in [6.07, 6.45) is 5.89. The number of carbonyl (C=O) groups is 2. The minimum Gasteiger partial charge on any atom is -0.322 e. The van der Waals surface area contributed by atoms with Gasteiger partial charge in [-0.3, -0.25) is 9.59 Å². The number of fused-ring (bicyclic) bond motifs is 4. The van der Waals surface area contributed by atoms with Gasteiger partial charge in [0.25, 0.3) is 5.91 Å². The maximum absolute atomic E-state index is 13.6. The van der Waals surface area contributed by atoms with Crippen LogP contribution in [0.15, 0.2) is 78.9 Å². The van der Waals surface area contributed by atoms with Crippen LogP contribution in [0.2, 0.25) is 10.0 Å². The summed E-state index contributed by atoms with van der Waals surface area (Å²) in [5.41, 5.74) is 5.06. The van der Waals surface area contributed by atoms with E-state index in [1.807, 2.05) is 0 Å². The van der Waals surface area contributed by atoms with Crippen LogP contribution in [0.25, 0.3) is 11.6 Å². The molecule has 182 valence electrons. The van der Waals surface area contributed by atoms with E-state index in [1.54, 1.807) is 36.4 Å². The predicted octanol–water partition coefficient (Wildman–Crippen LogP) is 6.24. The zero-order valence-electron chi connectivity index (χ0n) is 20.0. The normalized spacial score (nSPS) is 13.6. The van der Waals surface area contributed by atoms with Crippen molar-refractivity contribution in [2.75, 3.05) is 5.32 Å². The highest BCUT2D eigenvalue weighted by Crippen LogP contribution is 2.25. The van der Waals surface area contributed by atoms with Gasteiger partial charge < -0.3 is 5.32 Å². The average molecular weight is 524 g/mol. The largest absolute Gasteiger partial charge is 0.322 e. The van der Waals surface area contributed by atoms with E-state index in [-0.39, 0.29) is 16.7 Å². The summed E-state index contributed by atoms with van der Waals surface area (Å²) < 4.78 is 0. The number of ketones is 1. The van der Waals surface area contributed by atoms with Gasteiger partial charge >= 0.3 is 0 Å². The number of Topliss-reactive ketones (excluding diaryl/α,β-unsaturated/α-hetero) is 1. The maximum atomic E-state index is 13.6. The van der Waals surface area contributed by atoms with Crippen molar-refractivity contribution in [3.8, 4) is 0 Å². The first-order valence-corrected chi connectivity index (χ1v) is 13.1. The molecular weight excluding hydrogens is 501 g/mol. The third-order valence-corrected chi connectivity index (χ3v) is 7.79. The Kier molecular flexibility index (Phi) is 6.19. The molecule has 0 saturated heterocycles. The Hall–Kier alpha value is -3.66. The van der Waals surface area contributed by atoms with Gasteiger partial charge in [0.05, 0.1) is 10.6 Å². The van der Waals surface area contributed by atoms with E-state index in [4.69, 9.17) is 23.2 Å². The Labute approximate surface area is 224 Å². The summed E-state index contributed by atoms with van der Waals surface area (Å²) in [4.78, 5) is 26.2. The number of nitrogens with one attached hydrogen (secondary N) is 1. The average Bonchev–Trinajstić information content (AvgIpc) is 2.92. The summed E-state index contributed by atoms with van der Waals surface area (Å²) in [7, 11) is 0. The highest BCUT2D eigenvalue weighted by molar-refractivity contribution is 6.37. The molecule has 6 rings (SSSR count). The van der Waals surface area contributed by atoms with Gasteiger partial charge in [-0.25, -0.2) is 0 Å². The molecule has 5 heteroatoms. The van der Waals surface area contributed by atoms with Crippen LogP contribution in [0.5, 0.6) is 0 Å². The fourth-order valence-electron chi connectivity index (χ4n) is 5.44. The van der Waals surface area contributed by atoms with E-state index in [0.29, 0.717) is 21.8 Å². The fraction of sp³-hybridized carbons (Fsp3) is 0.125. The first kappa shape index (κ1) is 23.7. The van der Waals surface area contributed by atoms with E-state index >= 15 is 0 Å². The van der Waals surface area contributed by atoms with Gasteiger partial charge in [0, 0.05) is 21.8 Å². The van der Waals surface area contributed by atoms with Crippen LogP contribution >= 0.6 is 23.2 Å². The molecule has 0 radical (unpaired) electrons. The number of amides is 1. The number of hydrogen-bond acceptors (Lipinski definition) is 2. The van der Waals surface area contributed by atoms with Gasteiger partial charge in [-0.2, -0.15) is 0 Å². The molecule has 1 amide bonds. The molecule has 0 aromatic heterocycles. The first-order valence-electron chi connectivity index (χ1n) is 12.3. The van der Waals surface area contributed by atoms with Crippen LogP contribution in [0.1, 0.15) is 44.7 Å². The van der Waals surface area contributed by atoms with Crippen LogP contribution < -0.4 is 15.8 Å². The van der Waals surface area contributed by atoms with E-state index < -0.39 is 0 Å². The summed E-state index contributed by atoms with van der Waals surface area (Å²) in [5, 5.41) is 8.49. The Morgan fingerprint density at radius 2 is 1.54 bits per heavy atom. The second kappa shape index (κ2) is 9.66. The van der Waals surface area contributed by atoms with Crippen LogP contribution in [0.4, 0.5) is 5.69 Å². The monoisotopic (exact) mass is 523 g/mol. The maximum Gasteiger partial charge on any atom is 0.257 e. The van der Waals surface area contributed by atoms with Crippen LogP contribution in [-0.2, 0) is 12.8 Å². The van der Waals surface area contributed by atoms with Gasteiger partial charge in [0.1, 0.15) is 0 Å². The molecule has 0 atom stereocenters. The number of benzene rings is 4. The number of halogens is 2. The molecular formula is C32H23Cl2NO2. The number of carbonyl (C=O) groups excluding carboxylic acids is 2. The molecule has 1 N–H and O–H groups in total. The van der Waals surface area contributed by atoms with Crippen LogP contribution in [-0.4, -0.2) is 11.7 Å². The van der Waals surface area contributed by atoms with Gasteiger partial charge in [0.15, 0.2) is 5.78 Å². The topological polar surface area (TPSA) is 46.2 Å². The smallest absolute Gasteiger partial charge is 0.257 e. The summed E-state index contributed by atoms with van der Waals surface area (Å²) >= 11 is 12.1. The van der Waals surface area contributed by atoms with Crippen molar-refractivity contribution in [3.05, 3.63) is 132 Å². The molecule has 0 bridgehead atoms. The lowest BCUT2D eigenvalue weighted by Gasteiger charge is -2.20. The third kappa shape index (κ3) is 4.39. The number of anilines is 1. The molecule has 0 aliphatic heterocycles. The van der Waals surface area contributed by atoms with Crippen molar-refractivity contribution in [2.24, 2.45) is 0 Å². The van der Waals surface area contributed by atoms with Gasteiger partial charge in [-0.05, 0) is 100 Å². The SMILES string of the molecule is O=C(C1=c2ccc3c(c2CCC1)CC=c1ccccc1=3)c1ccc(NC(=O)c2ccc(Cl)cc2Cl)cc1. The first-order chi connectivity index (χ1) is 18.0. The van der Waals surface area contributed by atoms with E-state index in [2.05, 4.69) is 47.8 Å². The summed E-state index contributed by atoms with van der Waals surface area (Å²) in [6.45, 7) is 0. The molecule has 0 unspecified atom stereocenters. The van der Waals surface area contributed by atoms with E-state index in [1.165, 1.54) is 32.8 Å². The highest BCUT2D eigenvalue weighted by atomic mass is 35.5. The fourth-order valence-corrected chi connectivity index (χ4v) is 5.94. The molecule has 0 heterocycles. The van der Waals surface area contributed by atoms with Crippen molar-refractivity contribution in [1.82, 2.24) is 0 Å². The van der Waals surface area contributed by atoms with Crippen molar-refractivity contribution in [2.45, 2.75) is 25.7 Å². The summed E-state index contributed by atoms with van der Waals surface area (Å²) in [6, 6.07) is 24.6. The molecule has 2 aliphatic rings. The highest BCUT2D eigenvalue weighted by Gasteiger charge is 2.21. The van der Waals surface area contributed by atoms with Gasteiger partial charge in [0.2, 0.25) is 0 Å². The Morgan fingerprint density at radius 1 is 0.757 bits per heavy atom. The number of hydrogen-bond donors (Lipinski definition) is 1. The van der Waals surface area contributed by atoms with Crippen molar-refractivity contribution < 1.29 is 9.59 Å². The number of rotatable bonds is 4. The minimum atomic E-state index is -0.334. The molecule has 0 spiro atoms. The summed E-state index contributed by atoms with van der Waals surface area (Å²) in [5.74, 6) is -0.292. The lowest BCUT2D eigenvalue weighted by atomic mass is 9.84. The lowest BCUT2D eigenvalue weighted by Crippen LogP contribution is -2.25. The van der Waals surface area contributed by atoms with Crippen molar-refractivity contribution in [1.29, 1.82) is 0 Å². The van der Waals surface area contributed by atoms with Crippen LogP contribution in [0, 0.1) is 10.4 Å².